The summed E-state index contributed by atoms with van der Waals surface area (Å²) in [6, 6.07) is 9.31. The third-order valence-corrected chi connectivity index (χ3v) is 7.15. The van der Waals surface area contributed by atoms with Gasteiger partial charge in [-0.15, -0.1) is 11.8 Å². The molecular formula is C26H30N2O6S. The van der Waals surface area contributed by atoms with Crippen molar-refractivity contribution in [2.24, 2.45) is 0 Å². The van der Waals surface area contributed by atoms with E-state index in [2.05, 4.69) is 10.6 Å². The lowest BCUT2D eigenvalue weighted by atomic mass is 9.92. The lowest BCUT2D eigenvalue weighted by Gasteiger charge is -2.34. The molecule has 0 radical (unpaired) electrons. The van der Waals surface area contributed by atoms with E-state index in [1.54, 1.807) is 20.3 Å². The number of methoxy groups -OCH3 is 2. The van der Waals surface area contributed by atoms with Crippen molar-refractivity contribution in [3.05, 3.63) is 46.9 Å². The fourth-order valence-corrected chi connectivity index (χ4v) is 5.04. The summed E-state index contributed by atoms with van der Waals surface area (Å²) in [5.41, 5.74) is 2.82. The molecule has 0 bridgehead atoms. The van der Waals surface area contributed by atoms with Crippen LogP contribution in [-0.4, -0.2) is 43.7 Å². The van der Waals surface area contributed by atoms with Crippen molar-refractivity contribution < 1.29 is 28.5 Å². The molecule has 2 N–H and O–H groups in total. The lowest BCUT2D eigenvalue weighted by molar-refractivity contribution is -0.144. The van der Waals surface area contributed by atoms with Gasteiger partial charge < -0.3 is 29.6 Å². The van der Waals surface area contributed by atoms with Gasteiger partial charge in [-0.05, 0) is 55.9 Å². The van der Waals surface area contributed by atoms with Crippen LogP contribution >= 0.6 is 11.8 Å². The molecule has 1 atom stereocenters. The van der Waals surface area contributed by atoms with E-state index in [1.165, 1.54) is 11.8 Å². The number of ether oxygens (including phenoxy) is 4. The Balaban J connectivity index is 1.72. The van der Waals surface area contributed by atoms with Gasteiger partial charge in [0.15, 0.2) is 6.79 Å². The molecule has 0 aromatic heterocycles. The number of rotatable bonds is 8. The van der Waals surface area contributed by atoms with Crippen LogP contribution in [0.5, 0.6) is 11.5 Å². The largest absolute Gasteiger partial charge is 0.496 e. The standard InChI is InChI=1S/C26H30N2O6S/c1-15-6-11-22(35-15)24(29)33-13-19-17(9-10-20-23(19)27-25(30)26(2,3)28-20)18-8-7-16(34-14-31-4)12-21(18)32-5/h6-10,12,22,28H,11,13-14H2,1-5H3,(H,27,30). The van der Waals surface area contributed by atoms with Gasteiger partial charge in [0, 0.05) is 24.3 Å². The average Bonchev–Trinajstić information content (AvgIpc) is 3.28. The van der Waals surface area contributed by atoms with Crippen molar-refractivity contribution in [3.8, 4) is 22.6 Å². The maximum Gasteiger partial charge on any atom is 0.320 e. The fraction of sp³-hybridized carbons (Fsp3) is 0.385. The number of amides is 1. The fourth-order valence-electron chi connectivity index (χ4n) is 4.05. The van der Waals surface area contributed by atoms with Crippen molar-refractivity contribution in [2.45, 2.75) is 44.6 Å². The zero-order valence-electron chi connectivity index (χ0n) is 20.5. The van der Waals surface area contributed by atoms with Crippen molar-refractivity contribution in [1.29, 1.82) is 0 Å². The van der Waals surface area contributed by atoms with E-state index < -0.39 is 5.54 Å². The Bertz CT molecular complexity index is 1180. The highest BCUT2D eigenvalue weighted by molar-refractivity contribution is 8.04. The van der Waals surface area contributed by atoms with Crippen molar-refractivity contribution >= 4 is 35.0 Å². The number of thioether (sulfide) groups is 1. The molecule has 0 fully saturated rings. The molecule has 2 aromatic rings. The summed E-state index contributed by atoms with van der Waals surface area (Å²) in [5.74, 6) is 0.720. The Kier molecular flexibility index (Phi) is 7.28. The summed E-state index contributed by atoms with van der Waals surface area (Å²) >= 11 is 1.51. The Morgan fingerprint density at radius 3 is 2.63 bits per heavy atom. The first kappa shape index (κ1) is 24.9. The van der Waals surface area contributed by atoms with Gasteiger partial charge in [0.05, 0.1) is 18.5 Å². The molecule has 0 aliphatic carbocycles. The zero-order valence-corrected chi connectivity index (χ0v) is 21.3. The predicted octanol–water partition coefficient (Wildman–Crippen LogP) is 4.94. The molecule has 1 amide bonds. The number of fused-ring (bicyclic) bond motifs is 1. The topological polar surface area (TPSA) is 95.1 Å². The molecule has 0 saturated heterocycles. The first-order chi connectivity index (χ1) is 16.7. The maximum atomic E-state index is 12.8. The van der Waals surface area contributed by atoms with Gasteiger partial charge in [0.2, 0.25) is 5.91 Å². The van der Waals surface area contributed by atoms with E-state index in [-0.39, 0.29) is 30.5 Å². The van der Waals surface area contributed by atoms with E-state index in [1.807, 2.05) is 51.1 Å². The molecule has 2 aliphatic heterocycles. The summed E-state index contributed by atoms with van der Waals surface area (Å²) in [6.07, 6.45) is 2.69. The highest BCUT2D eigenvalue weighted by Gasteiger charge is 2.35. The number of carbonyl (C=O) groups excluding carboxylic acids is 2. The third kappa shape index (κ3) is 5.26. The minimum absolute atomic E-state index is 0.000909. The normalized spacial score (nSPS) is 18.1. The van der Waals surface area contributed by atoms with Gasteiger partial charge in [-0.1, -0.05) is 12.1 Å². The van der Waals surface area contributed by atoms with Crippen LogP contribution in [0.15, 0.2) is 41.3 Å². The lowest BCUT2D eigenvalue weighted by Crippen LogP contribution is -2.47. The van der Waals surface area contributed by atoms with E-state index in [9.17, 15) is 9.59 Å². The molecule has 1 unspecified atom stereocenters. The molecule has 2 heterocycles. The first-order valence-electron chi connectivity index (χ1n) is 11.3. The summed E-state index contributed by atoms with van der Waals surface area (Å²) in [7, 11) is 3.13. The molecular weight excluding hydrogens is 468 g/mol. The molecule has 0 saturated carbocycles. The van der Waals surface area contributed by atoms with Crippen LogP contribution in [0.3, 0.4) is 0 Å². The highest BCUT2D eigenvalue weighted by atomic mass is 32.2. The minimum Gasteiger partial charge on any atom is -0.496 e. The molecule has 4 rings (SSSR count). The maximum absolute atomic E-state index is 12.8. The minimum atomic E-state index is -0.774. The van der Waals surface area contributed by atoms with Crippen LogP contribution in [-0.2, 0) is 25.7 Å². The first-order valence-corrected chi connectivity index (χ1v) is 12.2. The quantitative estimate of drug-likeness (QED) is 0.390. The number of esters is 1. The van der Waals surface area contributed by atoms with Crippen molar-refractivity contribution in [1.82, 2.24) is 0 Å². The number of allylic oxidation sites excluding steroid dienone is 2. The van der Waals surface area contributed by atoms with Gasteiger partial charge >= 0.3 is 5.97 Å². The molecule has 186 valence electrons. The van der Waals surface area contributed by atoms with Gasteiger partial charge in [-0.2, -0.15) is 0 Å². The number of hydrogen-bond acceptors (Lipinski definition) is 8. The van der Waals surface area contributed by atoms with Crippen LogP contribution < -0.4 is 20.1 Å². The van der Waals surface area contributed by atoms with Gasteiger partial charge in [0.1, 0.15) is 28.9 Å². The van der Waals surface area contributed by atoms with Crippen LogP contribution in [0.25, 0.3) is 11.1 Å². The van der Waals surface area contributed by atoms with Crippen molar-refractivity contribution in [2.75, 3.05) is 31.6 Å². The molecule has 8 nitrogen and oxygen atoms in total. The van der Waals surface area contributed by atoms with Gasteiger partial charge in [-0.3, -0.25) is 9.59 Å². The third-order valence-electron chi connectivity index (χ3n) is 5.94. The summed E-state index contributed by atoms with van der Waals surface area (Å²) in [4.78, 5) is 26.7. The molecule has 9 heteroatoms. The van der Waals surface area contributed by atoms with E-state index >= 15 is 0 Å². The Hall–Kier alpha value is -3.17. The molecule has 2 aliphatic rings. The number of hydrogen-bond donors (Lipinski definition) is 2. The monoisotopic (exact) mass is 498 g/mol. The zero-order chi connectivity index (χ0) is 25.2. The second-order valence-corrected chi connectivity index (χ2v) is 10.3. The number of benzene rings is 2. The van der Waals surface area contributed by atoms with Gasteiger partial charge in [0.25, 0.3) is 0 Å². The van der Waals surface area contributed by atoms with Crippen LogP contribution in [0, 0.1) is 0 Å². The second-order valence-electron chi connectivity index (χ2n) is 8.90. The van der Waals surface area contributed by atoms with Crippen LogP contribution in [0.4, 0.5) is 11.4 Å². The van der Waals surface area contributed by atoms with Crippen molar-refractivity contribution in [3.63, 3.8) is 0 Å². The van der Waals surface area contributed by atoms with E-state index in [0.29, 0.717) is 29.2 Å². The summed E-state index contributed by atoms with van der Waals surface area (Å²) < 4.78 is 21.9. The average molecular weight is 499 g/mol. The summed E-state index contributed by atoms with van der Waals surface area (Å²) in [6.45, 7) is 5.73. The summed E-state index contributed by atoms with van der Waals surface area (Å²) in [5, 5.41) is 6.05. The Labute approximate surface area is 209 Å². The highest BCUT2D eigenvalue weighted by Crippen LogP contribution is 2.43. The SMILES string of the molecule is COCOc1ccc(-c2ccc3c(c2COC(=O)C2CC=C(C)S2)NC(=O)C(C)(C)N3)c(OC)c1. The van der Waals surface area contributed by atoms with E-state index in [4.69, 9.17) is 18.9 Å². The second kappa shape index (κ2) is 10.2. The smallest absolute Gasteiger partial charge is 0.320 e. The van der Waals surface area contributed by atoms with E-state index in [0.717, 1.165) is 21.7 Å². The van der Waals surface area contributed by atoms with Crippen LogP contribution in [0.2, 0.25) is 0 Å². The van der Waals surface area contributed by atoms with Crippen LogP contribution in [0.1, 0.15) is 32.8 Å². The number of nitrogens with one attached hydrogen (secondary N) is 2. The molecule has 35 heavy (non-hydrogen) atoms. The number of anilines is 2. The molecule has 2 aromatic carbocycles. The molecule has 0 spiro atoms. The predicted molar refractivity (Wildman–Crippen MR) is 137 cm³/mol. The number of carbonyl (C=O) groups is 2. The Morgan fingerprint density at radius 2 is 1.94 bits per heavy atom. The van der Waals surface area contributed by atoms with Gasteiger partial charge in [-0.25, -0.2) is 0 Å². The Morgan fingerprint density at radius 1 is 1.17 bits per heavy atom.